The summed E-state index contributed by atoms with van der Waals surface area (Å²) in [7, 11) is 0. The Morgan fingerprint density at radius 1 is 0.952 bits per heavy atom. The molecule has 0 unspecified atom stereocenters. The number of carbonyl (C=O) groups excluding carboxylic acids is 2. The van der Waals surface area contributed by atoms with Gasteiger partial charge < -0.3 is 49.6 Å². The Morgan fingerprint density at radius 2 is 1.62 bits per heavy atom. The van der Waals surface area contributed by atoms with Crippen molar-refractivity contribution in [1.82, 2.24) is 0 Å². The van der Waals surface area contributed by atoms with E-state index in [-0.39, 0.29) is 40.8 Å². The topological polar surface area (TPSA) is 192 Å². The van der Waals surface area contributed by atoms with E-state index in [2.05, 4.69) is 0 Å². The number of aliphatic hydroxyl groups excluding tert-OH is 3. The van der Waals surface area contributed by atoms with Gasteiger partial charge in [0.25, 0.3) is 0 Å². The average molecular weight is 581 g/mol. The lowest BCUT2D eigenvalue weighted by Crippen LogP contribution is -2.61. The van der Waals surface area contributed by atoms with Gasteiger partial charge in [-0.1, -0.05) is 24.3 Å². The Labute approximate surface area is 239 Å². The van der Waals surface area contributed by atoms with Crippen LogP contribution >= 0.6 is 0 Å². The number of hydrogen-bond donors (Lipinski definition) is 6. The Bertz CT molecular complexity index is 1470. The molecule has 3 aromatic carbocycles. The maximum absolute atomic E-state index is 12.8. The number of phenols is 3. The summed E-state index contributed by atoms with van der Waals surface area (Å²) in [6, 6.07) is 14.5. The van der Waals surface area contributed by atoms with Crippen molar-refractivity contribution < 1.29 is 59.2 Å². The number of Topliss-reactive ketones (excluding diaryl/α,β-unsaturated/α-hetero) is 1. The van der Waals surface area contributed by atoms with Crippen molar-refractivity contribution in [3.8, 4) is 28.7 Å². The van der Waals surface area contributed by atoms with E-state index in [1.807, 2.05) is 0 Å². The Kier molecular flexibility index (Phi) is 8.31. The summed E-state index contributed by atoms with van der Waals surface area (Å²) in [5.74, 6) is -1.73. The van der Waals surface area contributed by atoms with Gasteiger partial charge in [0.1, 0.15) is 52.6 Å². The van der Waals surface area contributed by atoms with Crippen LogP contribution in [-0.4, -0.2) is 79.7 Å². The van der Waals surface area contributed by atoms with Gasteiger partial charge in [0.2, 0.25) is 6.29 Å². The van der Waals surface area contributed by atoms with Crippen molar-refractivity contribution in [2.24, 2.45) is 0 Å². The van der Waals surface area contributed by atoms with Crippen LogP contribution in [0.4, 0.5) is 0 Å². The fourth-order valence-electron chi connectivity index (χ4n) is 4.70. The van der Waals surface area contributed by atoms with Gasteiger partial charge in [-0.15, -0.1) is 0 Å². The van der Waals surface area contributed by atoms with Gasteiger partial charge in [-0.2, -0.15) is 0 Å². The van der Waals surface area contributed by atoms with Crippen molar-refractivity contribution in [1.29, 1.82) is 0 Å². The number of carbonyl (C=O) groups is 2. The predicted octanol–water partition coefficient (Wildman–Crippen LogP) is 1.95. The fourth-order valence-corrected chi connectivity index (χ4v) is 4.70. The number of rotatable bonds is 7. The first-order chi connectivity index (χ1) is 20.1. The second kappa shape index (κ2) is 12.1. The van der Waals surface area contributed by atoms with E-state index in [1.54, 1.807) is 24.3 Å². The highest BCUT2D eigenvalue weighted by atomic mass is 16.7. The van der Waals surface area contributed by atoms with Gasteiger partial charge in [0.15, 0.2) is 18.0 Å². The third-order valence-electron chi connectivity index (χ3n) is 6.87. The Morgan fingerprint density at radius 3 is 2.29 bits per heavy atom. The van der Waals surface area contributed by atoms with Crippen LogP contribution in [0, 0.1) is 0 Å². The van der Waals surface area contributed by atoms with Gasteiger partial charge in [0.05, 0.1) is 13.0 Å². The summed E-state index contributed by atoms with van der Waals surface area (Å²) in [4.78, 5) is 25.3. The van der Waals surface area contributed by atoms with E-state index in [4.69, 9.17) is 18.9 Å². The maximum Gasteiger partial charge on any atom is 0.331 e. The second-order valence-electron chi connectivity index (χ2n) is 9.79. The highest BCUT2D eigenvalue weighted by Gasteiger charge is 2.48. The van der Waals surface area contributed by atoms with Gasteiger partial charge >= 0.3 is 5.97 Å². The summed E-state index contributed by atoms with van der Waals surface area (Å²) >= 11 is 0. The molecule has 2 aliphatic rings. The van der Waals surface area contributed by atoms with Gasteiger partial charge in [-0.25, -0.2) is 4.79 Å². The fraction of sp³-hybridized carbons (Fsp3) is 0.267. The van der Waals surface area contributed by atoms with Crippen LogP contribution in [0.2, 0.25) is 0 Å². The molecule has 0 aliphatic carbocycles. The van der Waals surface area contributed by atoms with Crippen LogP contribution in [-0.2, 0) is 14.3 Å². The number of hydrogen-bond acceptors (Lipinski definition) is 12. The molecule has 42 heavy (non-hydrogen) atoms. The van der Waals surface area contributed by atoms with Crippen molar-refractivity contribution in [2.75, 3.05) is 6.61 Å². The summed E-state index contributed by atoms with van der Waals surface area (Å²) in [5, 5.41) is 60.8. The smallest absolute Gasteiger partial charge is 0.331 e. The normalized spacial score (nSPS) is 25.5. The molecule has 12 heteroatoms. The first-order valence-corrected chi connectivity index (χ1v) is 13.0. The van der Waals surface area contributed by atoms with Crippen LogP contribution in [0.1, 0.15) is 34.0 Å². The summed E-state index contributed by atoms with van der Waals surface area (Å²) < 4.78 is 22.5. The molecule has 220 valence electrons. The van der Waals surface area contributed by atoms with E-state index in [1.165, 1.54) is 36.4 Å². The van der Waals surface area contributed by atoms with Crippen molar-refractivity contribution in [2.45, 2.75) is 43.2 Å². The van der Waals surface area contributed by atoms with Crippen molar-refractivity contribution in [3.63, 3.8) is 0 Å². The lowest BCUT2D eigenvalue weighted by Gasteiger charge is -2.41. The molecule has 0 saturated carbocycles. The molecule has 2 aliphatic heterocycles. The minimum atomic E-state index is -1.74. The molecule has 3 aromatic rings. The molecule has 1 fully saturated rings. The first-order valence-electron chi connectivity index (χ1n) is 13.0. The number of ether oxygens (including phenoxy) is 4. The van der Waals surface area contributed by atoms with E-state index >= 15 is 0 Å². The van der Waals surface area contributed by atoms with E-state index < -0.39 is 55.1 Å². The number of esters is 1. The molecule has 1 saturated heterocycles. The third kappa shape index (κ3) is 6.16. The Hall–Kier alpha value is -4.62. The molecular weight excluding hydrogens is 552 g/mol. The number of aliphatic hydroxyl groups is 3. The van der Waals surface area contributed by atoms with Crippen LogP contribution < -0.4 is 9.47 Å². The van der Waals surface area contributed by atoms with E-state index in [0.717, 1.165) is 12.1 Å². The quantitative estimate of drug-likeness (QED) is 0.176. The molecule has 2 heterocycles. The standard InChI is InChI=1S/C30H28O12/c31-14-24-27(37)29(42-25(36)10-3-15-1-6-17(32)7-2-15)28(38)30(41-24)39-19-11-20(34)26-21(35)13-22(40-23(26)12-19)16-4-8-18(33)9-5-16/h1-12,22,24,27-34,37-38H,13-14H2/b10-3+/t22-,24-,27+,28+,29-,30+/m0/s1. The number of aromatic hydroxyl groups is 3. The zero-order chi connectivity index (χ0) is 30.0. The number of phenolic OH excluding ortho intramolecular Hbond substituents is 3. The third-order valence-corrected chi connectivity index (χ3v) is 6.87. The van der Waals surface area contributed by atoms with Gasteiger partial charge in [-0.3, -0.25) is 4.79 Å². The highest BCUT2D eigenvalue weighted by Crippen LogP contribution is 2.42. The zero-order valence-electron chi connectivity index (χ0n) is 21.9. The summed E-state index contributed by atoms with van der Waals surface area (Å²) in [6.45, 7) is -0.702. The molecule has 0 amide bonds. The minimum absolute atomic E-state index is 0.00529. The SMILES string of the molecule is O=C(/C=C/c1ccc(O)cc1)O[C@@H]1[C@@H](O)[C@H](Oc2cc(O)c3c(c2)O[C@H](c2ccc(O)cc2)CC3=O)O[C@@H](CO)[C@H]1O. The van der Waals surface area contributed by atoms with Crippen LogP contribution in [0.25, 0.3) is 6.08 Å². The zero-order valence-corrected chi connectivity index (χ0v) is 21.9. The largest absolute Gasteiger partial charge is 0.508 e. The Balaban J connectivity index is 1.33. The number of ketones is 1. The van der Waals surface area contributed by atoms with Crippen molar-refractivity contribution in [3.05, 3.63) is 83.4 Å². The number of benzene rings is 3. The molecular formula is C30H28O12. The summed E-state index contributed by atoms with van der Waals surface area (Å²) in [5.41, 5.74) is 1.14. The molecule has 0 spiro atoms. The van der Waals surface area contributed by atoms with Gasteiger partial charge in [0, 0.05) is 18.2 Å². The lowest BCUT2D eigenvalue weighted by atomic mass is 9.95. The summed E-state index contributed by atoms with van der Waals surface area (Å²) in [6.07, 6.45) is -6.09. The molecule has 0 bridgehead atoms. The van der Waals surface area contributed by atoms with E-state index in [0.29, 0.717) is 11.1 Å². The van der Waals surface area contributed by atoms with Crippen LogP contribution in [0.3, 0.4) is 0 Å². The monoisotopic (exact) mass is 580 g/mol. The second-order valence-corrected chi connectivity index (χ2v) is 9.79. The molecule has 0 aromatic heterocycles. The van der Waals surface area contributed by atoms with Crippen LogP contribution in [0.5, 0.6) is 28.7 Å². The first kappa shape index (κ1) is 28.9. The highest BCUT2D eigenvalue weighted by molar-refractivity contribution is 6.02. The van der Waals surface area contributed by atoms with Gasteiger partial charge in [-0.05, 0) is 41.5 Å². The lowest BCUT2D eigenvalue weighted by molar-refractivity contribution is -0.280. The maximum atomic E-state index is 12.8. The molecule has 0 radical (unpaired) electrons. The average Bonchev–Trinajstić information content (AvgIpc) is 2.96. The number of fused-ring (bicyclic) bond motifs is 1. The molecule has 5 rings (SSSR count). The minimum Gasteiger partial charge on any atom is -0.508 e. The van der Waals surface area contributed by atoms with E-state index in [9.17, 15) is 40.2 Å². The molecule has 6 N–H and O–H groups in total. The molecule has 12 nitrogen and oxygen atoms in total. The predicted molar refractivity (Wildman–Crippen MR) is 144 cm³/mol. The van der Waals surface area contributed by atoms with Crippen molar-refractivity contribution >= 4 is 17.8 Å². The molecule has 6 atom stereocenters. The van der Waals surface area contributed by atoms with Crippen LogP contribution in [0.15, 0.2) is 66.7 Å².